The van der Waals surface area contributed by atoms with Crippen LogP contribution in [0.2, 0.25) is 0 Å². The lowest BCUT2D eigenvalue weighted by Crippen LogP contribution is -2.47. The first kappa shape index (κ1) is 17.4. The van der Waals surface area contributed by atoms with Crippen LogP contribution in [0.5, 0.6) is 0 Å². The molecule has 2 heterocycles. The Morgan fingerprint density at radius 3 is 2.68 bits per heavy atom. The van der Waals surface area contributed by atoms with Crippen LogP contribution in [-0.4, -0.2) is 25.1 Å². The number of imidazole rings is 1. The number of fused-ring (bicyclic) bond motifs is 3. The summed E-state index contributed by atoms with van der Waals surface area (Å²) >= 11 is 0. The lowest BCUT2D eigenvalue weighted by molar-refractivity contribution is -0.128. The first-order chi connectivity index (χ1) is 13.5. The number of ketones is 1. The van der Waals surface area contributed by atoms with Crippen LogP contribution in [0.3, 0.4) is 0 Å². The zero-order valence-corrected chi connectivity index (χ0v) is 16.7. The van der Waals surface area contributed by atoms with E-state index in [4.69, 9.17) is 4.98 Å². The molecule has 0 aliphatic heterocycles. The van der Waals surface area contributed by atoms with Crippen molar-refractivity contribution in [2.75, 3.05) is 0 Å². The monoisotopic (exact) mass is 374 g/mol. The smallest absolute Gasteiger partial charge is 0.145 e. The SMILES string of the molecule is C[C@@H]1C(=O)CC[C@]2(C)c3nc(-c4ccccc4)n(-c4cnn(C)c4)c3CC[C@@H]12. The summed E-state index contributed by atoms with van der Waals surface area (Å²) in [5, 5.41) is 4.40. The minimum Gasteiger partial charge on any atom is -0.299 e. The Hall–Kier alpha value is -2.69. The Labute approximate surface area is 165 Å². The van der Waals surface area contributed by atoms with Crippen LogP contribution in [0.1, 0.15) is 44.5 Å². The average Bonchev–Trinajstić information content (AvgIpc) is 3.30. The van der Waals surface area contributed by atoms with Crippen molar-refractivity contribution < 1.29 is 4.79 Å². The fraction of sp³-hybridized carbons (Fsp3) is 0.435. The average molecular weight is 374 g/mol. The van der Waals surface area contributed by atoms with Crippen molar-refractivity contribution in [3.63, 3.8) is 0 Å². The fourth-order valence-corrected chi connectivity index (χ4v) is 5.45. The molecule has 3 aromatic rings. The Balaban J connectivity index is 1.74. The number of rotatable bonds is 2. The normalized spacial score (nSPS) is 26.8. The molecule has 5 nitrogen and oxygen atoms in total. The predicted octanol–water partition coefficient (Wildman–Crippen LogP) is 4.09. The van der Waals surface area contributed by atoms with Crippen molar-refractivity contribution in [3.05, 3.63) is 54.1 Å². The van der Waals surface area contributed by atoms with Gasteiger partial charge in [0.1, 0.15) is 11.6 Å². The molecule has 0 spiro atoms. The van der Waals surface area contributed by atoms with E-state index in [1.54, 1.807) is 0 Å². The largest absolute Gasteiger partial charge is 0.299 e. The lowest BCUT2D eigenvalue weighted by Gasteiger charge is -2.46. The van der Waals surface area contributed by atoms with Crippen LogP contribution in [0.15, 0.2) is 42.7 Å². The molecule has 0 amide bonds. The molecule has 0 radical (unpaired) electrons. The highest BCUT2D eigenvalue weighted by molar-refractivity contribution is 5.82. The summed E-state index contributed by atoms with van der Waals surface area (Å²) in [6.45, 7) is 4.44. The number of hydrogen-bond acceptors (Lipinski definition) is 3. The quantitative estimate of drug-likeness (QED) is 0.679. The molecule has 28 heavy (non-hydrogen) atoms. The van der Waals surface area contributed by atoms with Gasteiger partial charge in [0.2, 0.25) is 0 Å². The molecule has 2 aliphatic rings. The molecular weight excluding hydrogens is 348 g/mol. The van der Waals surface area contributed by atoms with E-state index in [1.807, 2.05) is 24.0 Å². The van der Waals surface area contributed by atoms with Gasteiger partial charge < -0.3 is 0 Å². The summed E-state index contributed by atoms with van der Waals surface area (Å²) in [6, 6.07) is 10.4. The molecule has 0 saturated heterocycles. The molecule has 1 aromatic carbocycles. The van der Waals surface area contributed by atoms with Crippen LogP contribution in [-0.2, 0) is 23.7 Å². The molecule has 5 rings (SSSR count). The Morgan fingerprint density at radius 2 is 1.96 bits per heavy atom. The van der Waals surface area contributed by atoms with Gasteiger partial charge in [-0.05, 0) is 25.2 Å². The topological polar surface area (TPSA) is 52.7 Å². The van der Waals surface area contributed by atoms with Crippen molar-refractivity contribution in [1.29, 1.82) is 0 Å². The molecule has 144 valence electrons. The van der Waals surface area contributed by atoms with Gasteiger partial charge in [-0.25, -0.2) is 4.98 Å². The van der Waals surface area contributed by atoms with E-state index in [2.05, 4.69) is 54.0 Å². The van der Waals surface area contributed by atoms with Gasteiger partial charge >= 0.3 is 0 Å². The summed E-state index contributed by atoms with van der Waals surface area (Å²) in [5.41, 5.74) is 4.59. The maximum Gasteiger partial charge on any atom is 0.145 e. The number of benzene rings is 1. The summed E-state index contributed by atoms with van der Waals surface area (Å²) in [5.74, 6) is 1.89. The van der Waals surface area contributed by atoms with Crippen LogP contribution >= 0.6 is 0 Å². The zero-order chi connectivity index (χ0) is 19.5. The Kier molecular flexibility index (Phi) is 3.83. The summed E-state index contributed by atoms with van der Waals surface area (Å²) in [4.78, 5) is 17.6. The second-order valence-corrected chi connectivity index (χ2v) is 8.62. The maximum atomic E-state index is 12.4. The van der Waals surface area contributed by atoms with E-state index >= 15 is 0 Å². The van der Waals surface area contributed by atoms with Crippen LogP contribution in [0, 0.1) is 11.8 Å². The number of hydrogen-bond donors (Lipinski definition) is 0. The van der Waals surface area contributed by atoms with Crippen molar-refractivity contribution in [1.82, 2.24) is 19.3 Å². The van der Waals surface area contributed by atoms with Gasteiger partial charge in [-0.15, -0.1) is 0 Å². The summed E-state index contributed by atoms with van der Waals surface area (Å²) < 4.78 is 4.13. The molecule has 0 N–H and O–H groups in total. The van der Waals surface area contributed by atoms with Gasteiger partial charge in [0.15, 0.2) is 0 Å². The minimum atomic E-state index is -0.0438. The van der Waals surface area contributed by atoms with Gasteiger partial charge in [0.05, 0.1) is 17.6 Å². The highest BCUT2D eigenvalue weighted by Crippen LogP contribution is 2.51. The number of carbonyl (C=O) groups is 1. The molecule has 3 atom stereocenters. The number of aromatic nitrogens is 4. The van der Waals surface area contributed by atoms with Gasteiger partial charge in [-0.2, -0.15) is 5.10 Å². The standard InChI is InChI=1S/C23H26N4O/c1-15-18-9-10-19-21(23(18,2)12-11-20(15)28)25-22(16-7-5-4-6-8-16)27(19)17-13-24-26(3)14-17/h4-8,13-15,18H,9-12H2,1-3H3/t15-,18-,23-/m0/s1. The highest BCUT2D eigenvalue weighted by atomic mass is 16.1. The molecule has 0 unspecified atom stereocenters. The van der Waals surface area contributed by atoms with E-state index in [9.17, 15) is 4.79 Å². The maximum absolute atomic E-state index is 12.4. The molecular formula is C23H26N4O. The van der Waals surface area contributed by atoms with Crippen LogP contribution in [0.4, 0.5) is 0 Å². The number of Topliss-reactive ketones (excluding diaryl/α,β-unsaturated/α-hetero) is 1. The van der Waals surface area contributed by atoms with Crippen LogP contribution < -0.4 is 0 Å². The van der Waals surface area contributed by atoms with Gasteiger partial charge in [0, 0.05) is 42.3 Å². The lowest BCUT2D eigenvalue weighted by atomic mass is 9.57. The van der Waals surface area contributed by atoms with Gasteiger partial charge in [0.25, 0.3) is 0 Å². The minimum absolute atomic E-state index is 0.0438. The van der Waals surface area contributed by atoms with Gasteiger partial charge in [-0.3, -0.25) is 14.0 Å². The second-order valence-electron chi connectivity index (χ2n) is 8.62. The number of carbonyl (C=O) groups excluding carboxylic acids is 1. The molecule has 5 heteroatoms. The van der Waals surface area contributed by atoms with E-state index in [0.29, 0.717) is 18.1 Å². The predicted molar refractivity (Wildman–Crippen MR) is 108 cm³/mol. The van der Waals surface area contributed by atoms with E-state index in [0.717, 1.165) is 36.3 Å². The third kappa shape index (κ3) is 2.42. The second kappa shape index (κ2) is 6.16. The number of aryl methyl sites for hydroxylation is 1. The third-order valence-electron chi connectivity index (χ3n) is 7.01. The van der Waals surface area contributed by atoms with E-state index in [1.165, 1.54) is 11.4 Å². The third-order valence-corrected chi connectivity index (χ3v) is 7.01. The van der Waals surface area contributed by atoms with E-state index < -0.39 is 0 Å². The molecule has 2 aliphatic carbocycles. The number of nitrogens with zero attached hydrogens (tertiary/aromatic N) is 4. The zero-order valence-electron chi connectivity index (χ0n) is 16.7. The van der Waals surface area contributed by atoms with Crippen LogP contribution in [0.25, 0.3) is 17.1 Å². The first-order valence-corrected chi connectivity index (χ1v) is 10.2. The highest BCUT2D eigenvalue weighted by Gasteiger charge is 2.50. The van der Waals surface area contributed by atoms with Gasteiger partial charge in [-0.1, -0.05) is 44.2 Å². The summed E-state index contributed by atoms with van der Waals surface area (Å²) in [7, 11) is 1.95. The Morgan fingerprint density at radius 1 is 1.18 bits per heavy atom. The molecule has 2 aromatic heterocycles. The Bertz CT molecular complexity index is 1050. The molecule has 1 saturated carbocycles. The van der Waals surface area contributed by atoms with Crippen molar-refractivity contribution in [2.45, 2.75) is 44.9 Å². The molecule has 1 fully saturated rings. The summed E-state index contributed by atoms with van der Waals surface area (Å²) in [6.07, 6.45) is 7.50. The fourth-order valence-electron chi connectivity index (χ4n) is 5.45. The van der Waals surface area contributed by atoms with Crippen molar-refractivity contribution in [3.8, 4) is 17.1 Å². The van der Waals surface area contributed by atoms with Crippen molar-refractivity contribution in [2.24, 2.45) is 18.9 Å². The van der Waals surface area contributed by atoms with E-state index in [-0.39, 0.29) is 11.3 Å². The molecule has 0 bridgehead atoms. The van der Waals surface area contributed by atoms with Crippen molar-refractivity contribution >= 4 is 5.78 Å². The first-order valence-electron chi connectivity index (χ1n) is 10.2.